The fourth-order valence-electron chi connectivity index (χ4n) is 3.17. The van der Waals surface area contributed by atoms with E-state index in [0.717, 1.165) is 0 Å². The van der Waals surface area contributed by atoms with Gasteiger partial charge in [-0.05, 0) is 39.7 Å². The zero-order chi connectivity index (χ0) is 21.1. The van der Waals surface area contributed by atoms with Gasteiger partial charge in [0.1, 0.15) is 11.7 Å². The Morgan fingerprint density at radius 2 is 2.07 bits per heavy atom. The van der Waals surface area contributed by atoms with Crippen molar-refractivity contribution in [2.75, 3.05) is 13.1 Å². The van der Waals surface area contributed by atoms with Gasteiger partial charge < -0.3 is 15.6 Å². The Morgan fingerprint density at radius 1 is 1.39 bits per heavy atom. The Labute approximate surface area is 163 Å². The number of hydrogen-bond acceptors (Lipinski definition) is 8. The first-order valence-electron chi connectivity index (χ1n) is 9.10. The fraction of sp³-hybridized carbons (Fsp3) is 0.647. The first-order valence-corrected chi connectivity index (χ1v) is 10.5. The molecular weight excluding hydrogens is 388 g/mol. The number of sulfonamides is 1. The second kappa shape index (κ2) is 8.82. The summed E-state index contributed by atoms with van der Waals surface area (Å²) in [6, 6.07) is -1.12. The van der Waals surface area contributed by atoms with Crippen LogP contribution in [0.2, 0.25) is 0 Å². The Kier molecular flexibility index (Phi) is 6.94. The predicted octanol–water partition coefficient (Wildman–Crippen LogP) is 0.0314. The summed E-state index contributed by atoms with van der Waals surface area (Å²) in [5.41, 5.74) is 5.33. The summed E-state index contributed by atoms with van der Waals surface area (Å²) < 4.78 is 32.3. The van der Waals surface area contributed by atoms with Gasteiger partial charge in [0, 0.05) is 12.3 Å². The lowest BCUT2D eigenvalue weighted by Crippen LogP contribution is -2.49. The minimum absolute atomic E-state index is 0.0245. The number of nitrogens with one attached hydrogen (secondary N) is 1. The molecule has 1 aromatic heterocycles. The van der Waals surface area contributed by atoms with E-state index in [2.05, 4.69) is 10.5 Å². The Balaban J connectivity index is 2.45. The van der Waals surface area contributed by atoms with Crippen LogP contribution in [0.25, 0.3) is 0 Å². The molecule has 1 fully saturated rings. The molecule has 0 saturated carbocycles. The number of hydrogen-bond donors (Lipinski definition) is 2. The van der Waals surface area contributed by atoms with Crippen LogP contribution in [0.5, 0.6) is 0 Å². The molecule has 2 amide bonds. The van der Waals surface area contributed by atoms with Gasteiger partial charge in [0.25, 0.3) is 10.0 Å². The number of Topliss-reactive ketones (excluding diaryl/α,β-unsaturated/α-hetero) is 1. The highest BCUT2D eigenvalue weighted by Crippen LogP contribution is 2.28. The first-order chi connectivity index (χ1) is 13.1. The number of aromatic nitrogens is 1. The molecule has 3 N–H and O–H groups in total. The Hall–Kier alpha value is -2.27. The smallest absolute Gasteiger partial charge is 0.272 e. The first kappa shape index (κ1) is 22.0. The van der Waals surface area contributed by atoms with Crippen LogP contribution in [-0.4, -0.2) is 54.6 Å². The SMILES string of the molecule is Cc1noc(C)c1S(=O)(=O)N(C(=O)CCC(C)C(N)=O)[C@H]1CCCNCC1=O. The minimum atomic E-state index is -4.37. The van der Waals surface area contributed by atoms with E-state index in [1.165, 1.54) is 13.8 Å². The summed E-state index contributed by atoms with van der Waals surface area (Å²) in [6.45, 7) is 4.97. The van der Waals surface area contributed by atoms with E-state index in [-0.39, 0.29) is 47.9 Å². The van der Waals surface area contributed by atoms with Gasteiger partial charge in [0.15, 0.2) is 16.4 Å². The third-order valence-electron chi connectivity index (χ3n) is 4.79. The zero-order valence-electron chi connectivity index (χ0n) is 16.2. The second-order valence-electron chi connectivity index (χ2n) is 6.99. The quantitative estimate of drug-likeness (QED) is 0.634. The van der Waals surface area contributed by atoms with Gasteiger partial charge in [-0.3, -0.25) is 14.4 Å². The van der Waals surface area contributed by atoms with Crippen LogP contribution in [0, 0.1) is 19.8 Å². The number of carbonyl (C=O) groups excluding carboxylic acids is 3. The van der Waals surface area contributed by atoms with E-state index in [1.54, 1.807) is 6.92 Å². The van der Waals surface area contributed by atoms with Crippen molar-refractivity contribution in [3.63, 3.8) is 0 Å². The van der Waals surface area contributed by atoms with Crippen LogP contribution in [-0.2, 0) is 24.4 Å². The third-order valence-corrected chi connectivity index (χ3v) is 6.87. The maximum Gasteiger partial charge on any atom is 0.272 e. The number of primary amides is 1. The molecule has 0 aliphatic carbocycles. The lowest BCUT2D eigenvalue weighted by molar-refractivity contribution is -0.134. The number of aryl methyl sites for hydroxylation is 2. The van der Waals surface area contributed by atoms with Crippen molar-refractivity contribution >= 4 is 27.6 Å². The van der Waals surface area contributed by atoms with Gasteiger partial charge in [0.05, 0.1) is 6.54 Å². The lowest BCUT2D eigenvalue weighted by Gasteiger charge is -2.29. The van der Waals surface area contributed by atoms with Gasteiger partial charge in [-0.15, -0.1) is 0 Å². The minimum Gasteiger partial charge on any atom is -0.369 e. The third kappa shape index (κ3) is 4.58. The predicted molar refractivity (Wildman–Crippen MR) is 98.5 cm³/mol. The normalized spacial score (nSPS) is 19.1. The average Bonchev–Trinajstić information content (AvgIpc) is 2.82. The average molecular weight is 414 g/mol. The zero-order valence-corrected chi connectivity index (χ0v) is 17.0. The molecule has 10 nitrogen and oxygen atoms in total. The number of nitrogens with zero attached hydrogens (tertiary/aromatic N) is 2. The summed E-state index contributed by atoms with van der Waals surface area (Å²) in [5, 5.41) is 6.57. The van der Waals surface area contributed by atoms with E-state index in [1.807, 2.05) is 0 Å². The van der Waals surface area contributed by atoms with Crippen LogP contribution in [0.3, 0.4) is 0 Å². The fourth-order valence-corrected chi connectivity index (χ4v) is 5.09. The Bertz CT molecular complexity index is 843. The number of nitrogens with two attached hydrogens (primary N) is 1. The summed E-state index contributed by atoms with van der Waals surface area (Å²) in [6.07, 6.45) is 0.603. The van der Waals surface area contributed by atoms with E-state index < -0.39 is 33.8 Å². The van der Waals surface area contributed by atoms with E-state index >= 15 is 0 Å². The summed E-state index contributed by atoms with van der Waals surface area (Å²) in [7, 11) is -4.37. The van der Waals surface area contributed by atoms with Gasteiger partial charge in [-0.2, -0.15) is 0 Å². The lowest BCUT2D eigenvalue weighted by atomic mass is 10.0. The van der Waals surface area contributed by atoms with Gasteiger partial charge >= 0.3 is 0 Å². The summed E-state index contributed by atoms with van der Waals surface area (Å²) in [5.74, 6) is -2.28. The molecule has 1 aromatic rings. The Morgan fingerprint density at radius 3 is 2.64 bits per heavy atom. The molecule has 2 rings (SSSR count). The monoisotopic (exact) mass is 414 g/mol. The molecule has 0 radical (unpaired) electrons. The van der Waals surface area contributed by atoms with Crippen molar-refractivity contribution in [1.82, 2.24) is 14.8 Å². The number of amides is 2. The van der Waals surface area contributed by atoms with E-state index in [4.69, 9.17) is 10.3 Å². The summed E-state index contributed by atoms with van der Waals surface area (Å²) in [4.78, 5) is 36.6. The van der Waals surface area contributed by atoms with Crippen LogP contribution >= 0.6 is 0 Å². The molecule has 1 aliphatic heterocycles. The molecule has 2 atom stereocenters. The van der Waals surface area contributed by atoms with E-state index in [0.29, 0.717) is 17.3 Å². The van der Waals surface area contributed by atoms with E-state index in [9.17, 15) is 22.8 Å². The van der Waals surface area contributed by atoms with Gasteiger partial charge in [-0.1, -0.05) is 12.1 Å². The topological polar surface area (TPSA) is 153 Å². The maximum absolute atomic E-state index is 13.4. The molecule has 11 heteroatoms. The van der Waals surface area contributed by atoms with Crippen LogP contribution < -0.4 is 11.1 Å². The molecule has 1 saturated heterocycles. The number of rotatable bonds is 7. The van der Waals surface area contributed by atoms with Gasteiger partial charge in [-0.25, -0.2) is 12.7 Å². The summed E-state index contributed by atoms with van der Waals surface area (Å²) >= 11 is 0. The molecule has 2 heterocycles. The largest absolute Gasteiger partial charge is 0.369 e. The molecule has 0 spiro atoms. The molecule has 0 aromatic carbocycles. The van der Waals surface area contributed by atoms with Crippen LogP contribution in [0.1, 0.15) is 44.1 Å². The van der Waals surface area contributed by atoms with Crippen molar-refractivity contribution in [2.24, 2.45) is 11.7 Å². The molecule has 156 valence electrons. The molecule has 28 heavy (non-hydrogen) atoms. The van der Waals surface area contributed by atoms with Crippen molar-refractivity contribution in [2.45, 2.75) is 57.4 Å². The highest BCUT2D eigenvalue weighted by molar-refractivity contribution is 7.89. The van der Waals surface area contributed by atoms with Crippen molar-refractivity contribution in [3.05, 3.63) is 11.5 Å². The van der Waals surface area contributed by atoms with Crippen LogP contribution in [0.4, 0.5) is 0 Å². The molecule has 1 unspecified atom stereocenters. The van der Waals surface area contributed by atoms with Crippen molar-refractivity contribution in [1.29, 1.82) is 0 Å². The van der Waals surface area contributed by atoms with Crippen molar-refractivity contribution in [3.8, 4) is 0 Å². The molecule has 1 aliphatic rings. The number of carbonyl (C=O) groups is 3. The maximum atomic E-state index is 13.4. The second-order valence-corrected chi connectivity index (χ2v) is 8.74. The highest BCUT2D eigenvalue weighted by atomic mass is 32.2. The van der Waals surface area contributed by atoms with Gasteiger partial charge in [0.2, 0.25) is 11.8 Å². The highest BCUT2D eigenvalue weighted by Gasteiger charge is 2.42. The van der Waals surface area contributed by atoms with Crippen LogP contribution in [0.15, 0.2) is 9.42 Å². The van der Waals surface area contributed by atoms with Crippen molar-refractivity contribution < 1.29 is 27.3 Å². The number of ketones is 1. The molecule has 0 bridgehead atoms. The standard InChI is InChI=1S/C17H26N4O6S/c1-10(17(18)24)6-7-15(23)21(13-5-4-8-19-9-14(13)22)28(25,26)16-11(2)20-27-12(16)3/h10,13,19H,4-9H2,1-3H3,(H2,18,24)/t10?,13-/m0/s1. The molecular formula is C17H26N4O6S.